The lowest BCUT2D eigenvalue weighted by atomic mass is 10.1. The summed E-state index contributed by atoms with van der Waals surface area (Å²) in [6.07, 6.45) is 5.98. The summed E-state index contributed by atoms with van der Waals surface area (Å²) in [5.74, 6) is -0.352. The molecule has 7 nitrogen and oxygen atoms in total. The molecule has 3 aromatic rings. The molecule has 146 valence electrons. The predicted molar refractivity (Wildman–Crippen MR) is 108 cm³/mol. The first-order chi connectivity index (χ1) is 13.5. The van der Waals surface area contributed by atoms with E-state index < -0.39 is 10.0 Å². The molecule has 0 saturated heterocycles. The number of para-hydroxylation sites is 1. The molecule has 1 aromatic heterocycles. The van der Waals surface area contributed by atoms with Crippen LogP contribution in [-0.4, -0.2) is 30.4 Å². The van der Waals surface area contributed by atoms with Gasteiger partial charge in [0.05, 0.1) is 22.5 Å². The highest BCUT2D eigenvalue weighted by atomic mass is 35.5. The third kappa shape index (κ3) is 5.11. The van der Waals surface area contributed by atoms with Gasteiger partial charge in [-0.05, 0) is 36.8 Å². The number of anilines is 1. The van der Waals surface area contributed by atoms with Crippen molar-refractivity contribution < 1.29 is 13.2 Å². The molecule has 0 unspecified atom stereocenters. The van der Waals surface area contributed by atoms with E-state index in [1.54, 1.807) is 48.9 Å². The Hall–Kier alpha value is -2.84. The smallest absolute Gasteiger partial charge is 0.261 e. The number of nitrogens with zero attached hydrogens (tertiary/aromatic N) is 2. The lowest BCUT2D eigenvalue weighted by Crippen LogP contribution is -2.26. The van der Waals surface area contributed by atoms with Crippen molar-refractivity contribution in [1.29, 1.82) is 0 Å². The predicted octanol–water partition coefficient (Wildman–Crippen LogP) is 3.16. The quantitative estimate of drug-likeness (QED) is 0.549. The average Bonchev–Trinajstić information content (AvgIpc) is 3.19. The number of hydrogen-bond acceptors (Lipinski definition) is 4. The fourth-order valence-corrected chi connectivity index (χ4v) is 3.97. The van der Waals surface area contributed by atoms with Gasteiger partial charge in [-0.2, -0.15) is 0 Å². The Morgan fingerprint density at radius 2 is 1.96 bits per heavy atom. The van der Waals surface area contributed by atoms with E-state index in [1.165, 1.54) is 12.1 Å². The summed E-state index contributed by atoms with van der Waals surface area (Å²) in [6.45, 7) is 1.18. The summed E-state index contributed by atoms with van der Waals surface area (Å²) in [5.41, 5.74) is 0.449. The Kier molecular flexibility index (Phi) is 6.33. The topological polar surface area (TPSA) is 93.1 Å². The van der Waals surface area contributed by atoms with Crippen LogP contribution in [-0.2, 0) is 16.6 Å². The largest absolute Gasteiger partial charge is 0.352 e. The normalized spacial score (nSPS) is 11.2. The third-order valence-corrected chi connectivity index (χ3v) is 5.56. The molecule has 2 N–H and O–H groups in total. The fourth-order valence-electron chi connectivity index (χ4n) is 2.59. The van der Waals surface area contributed by atoms with Crippen LogP contribution in [0.1, 0.15) is 16.8 Å². The average molecular weight is 419 g/mol. The van der Waals surface area contributed by atoms with Crippen LogP contribution in [0.4, 0.5) is 5.69 Å². The van der Waals surface area contributed by atoms with Gasteiger partial charge in [0.25, 0.3) is 15.9 Å². The first-order valence-electron chi connectivity index (χ1n) is 8.57. The molecule has 0 atom stereocenters. The summed E-state index contributed by atoms with van der Waals surface area (Å²) >= 11 is 5.88. The molecule has 3 rings (SSSR count). The second kappa shape index (κ2) is 8.90. The van der Waals surface area contributed by atoms with Crippen LogP contribution in [0.15, 0.2) is 72.1 Å². The Morgan fingerprint density at radius 3 is 2.71 bits per heavy atom. The molecule has 0 spiro atoms. The van der Waals surface area contributed by atoms with Gasteiger partial charge in [-0.1, -0.05) is 29.8 Å². The van der Waals surface area contributed by atoms with Crippen LogP contribution in [0.3, 0.4) is 0 Å². The second-order valence-electron chi connectivity index (χ2n) is 6.02. The van der Waals surface area contributed by atoms with Crippen molar-refractivity contribution in [2.75, 3.05) is 11.3 Å². The highest BCUT2D eigenvalue weighted by molar-refractivity contribution is 7.92. The van der Waals surface area contributed by atoms with Gasteiger partial charge in [-0.25, -0.2) is 13.4 Å². The summed E-state index contributed by atoms with van der Waals surface area (Å²) in [6, 6.07) is 12.4. The van der Waals surface area contributed by atoms with Gasteiger partial charge >= 0.3 is 0 Å². The minimum absolute atomic E-state index is 0.0237. The summed E-state index contributed by atoms with van der Waals surface area (Å²) in [4.78, 5) is 16.5. The molecule has 1 heterocycles. The standard InChI is InChI=1S/C19H19ClN4O3S/c20-15-5-3-6-16(13-15)28(26,27)23-18-8-2-1-7-17(18)19(25)22-9-4-11-24-12-10-21-14-24/h1-3,5-8,10,12-14,23H,4,9,11H2,(H,22,25). The van der Waals surface area contributed by atoms with Crippen molar-refractivity contribution in [3.63, 3.8) is 0 Å². The van der Waals surface area contributed by atoms with E-state index in [4.69, 9.17) is 11.6 Å². The lowest BCUT2D eigenvalue weighted by Gasteiger charge is -2.13. The Balaban J connectivity index is 1.67. The van der Waals surface area contributed by atoms with Gasteiger partial charge in [0, 0.05) is 30.5 Å². The van der Waals surface area contributed by atoms with Crippen LogP contribution < -0.4 is 10.0 Å². The minimum Gasteiger partial charge on any atom is -0.352 e. The number of carbonyl (C=O) groups excluding carboxylic acids is 1. The summed E-state index contributed by atoms with van der Waals surface area (Å²) in [5, 5.41) is 3.12. The van der Waals surface area contributed by atoms with Crippen LogP contribution in [0, 0.1) is 0 Å². The minimum atomic E-state index is -3.87. The van der Waals surface area contributed by atoms with Gasteiger partial charge < -0.3 is 9.88 Å². The van der Waals surface area contributed by atoms with Crippen molar-refractivity contribution >= 4 is 33.2 Å². The number of halogens is 1. The zero-order chi connectivity index (χ0) is 20.0. The maximum atomic E-state index is 12.6. The zero-order valence-electron chi connectivity index (χ0n) is 14.9. The first-order valence-corrected chi connectivity index (χ1v) is 10.4. The molecule has 9 heteroatoms. The molecule has 2 aromatic carbocycles. The zero-order valence-corrected chi connectivity index (χ0v) is 16.4. The molecule has 1 amide bonds. The molecule has 0 aliphatic carbocycles. The number of imidazole rings is 1. The molecule has 0 radical (unpaired) electrons. The van der Waals surface area contributed by atoms with Gasteiger partial charge in [-0.3, -0.25) is 9.52 Å². The first kappa shape index (κ1) is 19.9. The van der Waals surface area contributed by atoms with Crippen LogP contribution in [0.2, 0.25) is 5.02 Å². The maximum absolute atomic E-state index is 12.6. The molecule has 0 saturated carbocycles. The number of aromatic nitrogens is 2. The van der Waals surface area contributed by atoms with Gasteiger partial charge in [0.15, 0.2) is 0 Å². The van der Waals surface area contributed by atoms with Crippen LogP contribution >= 0.6 is 11.6 Å². The van der Waals surface area contributed by atoms with Crippen LogP contribution in [0.5, 0.6) is 0 Å². The lowest BCUT2D eigenvalue weighted by molar-refractivity contribution is 0.0953. The van der Waals surface area contributed by atoms with E-state index in [1.807, 2.05) is 10.8 Å². The molecule has 0 bridgehead atoms. The number of rotatable bonds is 8. The van der Waals surface area contributed by atoms with E-state index in [0.717, 1.165) is 13.0 Å². The number of sulfonamides is 1. The highest BCUT2D eigenvalue weighted by Crippen LogP contribution is 2.22. The summed E-state index contributed by atoms with van der Waals surface area (Å²) in [7, 11) is -3.87. The van der Waals surface area contributed by atoms with Crippen LogP contribution in [0.25, 0.3) is 0 Å². The van der Waals surface area contributed by atoms with Crippen molar-refractivity contribution in [3.05, 3.63) is 77.8 Å². The molecule has 28 heavy (non-hydrogen) atoms. The van der Waals surface area contributed by atoms with E-state index >= 15 is 0 Å². The van der Waals surface area contributed by atoms with Gasteiger partial charge in [0.1, 0.15) is 0 Å². The van der Waals surface area contributed by atoms with E-state index in [2.05, 4.69) is 15.0 Å². The molecular weight excluding hydrogens is 400 g/mol. The summed E-state index contributed by atoms with van der Waals surface area (Å²) < 4.78 is 29.6. The number of amides is 1. The molecule has 0 fully saturated rings. The number of hydrogen-bond donors (Lipinski definition) is 2. The number of carbonyl (C=O) groups is 1. The van der Waals surface area contributed by atoms with Gasteiger partial charge in [0.2, 0.25) is 0 Å². The third-order valence-electron chi connectivity index (χ3n) is 3.96. The Labute approximate surface area is 168 Å². The molecule has 0 aliphatic rings. The van der Waals surface area contributed by atoms with Crippen molar-refractivity contribution in [1.82, 2.24) is 14.9 Å². The van der Waals surface area contributed by atoms with Crippen molar-refractivity contribution in [2.24, 2.45) is 0 Å². The van der Waals surface area contributed by atoms with Crippen molar-refractivity contribution in [3.8, 4) is 0 Å². The van der Waals surface area contributed by atoms with Crippen molar-refractivity contribution in [2.45, 2.75) is 17.9 Å². The monoisotopic (exact) mass is 418 g/mol. The SMILES string of the molecule is O=C(NCCCn1ccnc1)c1ccccc1NS(=O)(=O)c1cccc(Cl)c1. The number of benzene rings is 2. The van der Waals surface area contributed by atoms with E-state index in [9.17, 15) is 13.2 Å². The molecular formula is C19H19ClN4O3S. The Morgan fingerprint density at radius 1 is 1.14 bits per heavy atom. The Bertz CT molecular complexity index is 1050. The second-order valence-corrected chi connectivity index (χ2v) is 8.14. The van der Waals surface area contributed by atoms with E-state index in [-0.39, 0.29) is 22.1 Å². The highest BCUT2D eigenvalue weighted by Gasteiger charge is 2.18. The maximum Gasteiger partial charge on any atom is 0.261 e. The number of nitrogens with one attached hydrogen (secondary N) is 2. The van der Waals surface area contributed by atoms with E-state index in [0.29, 0.717) is 11.6 Å². The van der Waals surface area contributed by atoms with Gasteiger partial charge in [-0.15, -0.1) is 0 Å². The molecule has 0 aliphatic heterocycles. The number of aryl methyl sites for hydroxylation is 1. The fraction of sp³-hybridized carbons (Fsp3) is 0.158.